The largest absolute Gasteiger partial charge is 0.418 e. The van der Waals surface area contributed by atoms with Crippen LogP contribution in [0.5, 0.6) is 0 Å². The van der Waals surface area contributed by atoms with Gasteiger partial charge in [-0.05, 0) is 18.2 Å². The molecule has 2 N–H and O–H groups in total. The van der Waals surface area contributed by atoms with E-state index >= 15 is 0 Å². The third-order valence-corrected chi connectivity index (χ3v) is 2.32. The fourth-order valence-electron chi connectivity index (χ4n) is 1.64. The minimum absolute atomic E-state index is 0.144. The van der Waals surface area contributed by atoms with Gasteiger partial charge in [0, 0.05) is 29.8 Å². The summed E-state index contributed by atoms with van der Waals surface area (Å²) in [5.74, 6) is 0. The first-order valence-electron chi connectivity index (χ1n) is 4.31. The highest BCUT2D eigenvalue weighted by Gasteiger charge is 2.34. The molecule has 0 aliphatic rings. The zero-order valence-electron chi connectivity index (χ0n) is 7.97. The molecular formula is C10H9F3N2. The first-order valence-corrected chi connectivity index (χ1v) is 4.31. The van der Waals surface area contributed by atoms with E-state index in [1.165, 1.54) is 10.6 Å². The van der Waals surface area contributed by atoms with E-state index in [0.717, 1.165) is 6.20 Å². The summed E-state index contributed by atoms with van der Waals surface area (Å²) in [6.07, 6.45) is -3.27. The fraction of sp³-hybridized carbons (Fsp3) is 0.200. The first kappa shape index (κ1) is 9.89. The van der Waals surface area contributed by atoms with Gasteiger partial charge >= 0.3 is 6.18 Å². The second-order valence-corrected chi connectivity index (χ2v) is 3.43. The molecule has 0 aliphatic heterocycles. The molecule has 15 heavy (non-hydrogen) atoms. The van der Waals surface area contributed by atoms with Gasteiger partial charge in [0.25, 0.3) is 0 Å². The predicted octanol–water partition coefficient (Wildman–Crippen LogP) is 2.78. The summed E-state index contributed by atoms with van der Waals surface area (Å²) in [4.78, 5) is 0. The summed E-state index contributed by atoms with van der Waals surface area (Å²) >= 11 is 0. The maximum Gasteiger partial charge on any atom is 0.418 e. The van der Waals surface area contributed by atoms with Crippen molar-refractivity contribution in [2.24, 2.45) is 7.05 Å². The molecule has 0 radical (unpaired) electrons. The van der Waals surface area contributed by atoms with E-state index in [-0.39, 0.29) is 5.39 Å². The average Bonchev–Trinajstić information content (AvgIpc) is 2.42. The van der Waals surface area contributed by atoms with E-state index in [1.807, 2.05) is 0 Å². The van der Waals surface area contributed by atoms with Crippen molar-refractivity contribution >= 4 is 16.6 Å². The molecule has 0 fully saturated rings. The number of alkyl halides is 3. The standard InChI is InChI=1S/C10H9F3N2/c1-15-5-8(10(11,12)13)7-4-6(14)2-3-9(7)15/h2-5H,14H2,1H3. The summed E-state index contributed by atoms with van der Waals surface area (Å²) < 4.78 is 39.3. The van der Waals surface area contributed by atoms with Gasteiger partial charge < -0.3 is 10.3 Å². The number of nitrogen functional groups attached to an aromatic ring is 1. The lowest BCUT2D eigenvalue weighted by molar-refractivity contribution is -0.136. The molecule has 1 aromatic heterocycles. The highest BCUT2D eigenvalue weighted by atomic mass is 19.4. The van der Waals surface area contributed by atoms with Crippen molar-refractivity contribution in [2.45, 2.75) is 6.18 Å². The van der Waals surface area contributed by atoms with Gasteiger partial charge in [-0.25, -0.2) is 0 Å². The summed E-state index contributed by atoms with van der Waals surface area (Å²) in [7, 11) is 1.58. The Morgan fingerprint density at radius 1 is 1.27 bits per heavy atom. The summed E-state index contributed by atoms with van der Waals surface area (Å²) in [5, 5.41) is 0.144. The lowest BCUT2D eigenvalue weighted by Gasteiger charge is -2.03. The summed E-state index contributed by atoms with van der Waals surface area (Å²) in [5.41, 5.74) is 5.68. The lowest BCUT2D eigenvalue weighted by atomic mass is 10.1. The fourth-order valence-corrected chi connectivity index (χ4v) is 1.64. The first-order chi connectivity index (χ1) is 6.89. The van der Waals surface area contributed by atoms with Crippen LogP contribution < -0.4 is 5.73 Å². The van der Waals surface area contributed by atoms with Gasteiger partial charge in [-0.3, -0.25) is 0 Å². The van der Waals surface area contributed by atoms with Crippen molar-refractivity contribution in [1.29, 1.82) is 0 Å². The quantitative estimate of drug-likeness (QED) is 0.671. The molecule has 2 aromatic rings. The molecular weight excluding hydrogens is 205 g/mol. The maximum atomic E-state index is 12.6. The van der Waals surface area contributed by atoms with E-state index in [4.69, 9.17) is 5.73 Å². The van der Waals surface area contributed by atoms with Crippen LogP contribution in [0.1, 0.15) is 5.56 Å². The third-order valence-electron chi connectivity index (χ3n) is 2.32. The van der Waals surface area contributed by atoms with E-state index in [2.05, 4.69) is 0 Å². The van der Waals surface area contributed by atoms with Crippen LogP contribution in [-0.2, 0) is 13.2 Å². The molecule has 0 spiro atoms. The van der Waals surface area contributed by atoms with Crippen molar-refractivity contribution < 1.29 is 13.2 Å². The SMILES string of the molecule is Cn1cc(C(F)(F)F)c2cc(N)ccc21. The number of hydrogen-bond donors (Lipinski definition) is 1. The molecule has 1 heterocycles. The Balaban J connectivity index is 2.81. The van der Waals surface area contributed by atoms with Crippen LogP contribution in [0.2, 0.25) is 0 Å². The van der Waals surface area contributed by atoms with Crippen molar-refractivity contribution in [3.05, 3.63) is 30.0 Å². The van der Waals surface area contributed by atoms with Gasteiger partial charge in [-0.2, -0.15) is 13.2 Å². The zero-order chi connectivity index (χ0) is 11.2. The molecule has 0 aliphatic carbocycles. The molecule has 0 saturated heterocycles. The Bertz CT molecular complexity index is 511. The number of nitrogens with two attached hydrogens (primary N) is 1. The summed E-state index contributed by atoms with van der Waals surface area (Å²) in [6, 6.07) is 4.51. The minimum Gasteiger partial charge on any atom is -0.399 e. The number of benzene rings is 1. The Morgan fingerprint density at radius 3 is 2.53 bits per heavy atom. The smallest absolute Gasteiger partial charge is 0.399 e. The molecule has 2 nitrogen and oxygen atoms in total. The second-order valence-electron chi connectivity index (χ2n) is 3.43. The van der Waals surface area contributed by atoms with Gasteiger partial charge in [0.2, 0.25) is 0 Å². The van der Waals surface area contributed by atoms with Gasteiger partial charge in [-0.15, -0.1) is 0 Å². The van der Waals surface area contributed by atoms with Crippen molar-refractivity contribution in [3.63, 3.8) is 0 Å². The van der Waals surface area contributed by atoms with Crippen LogP contribution in [0.4, 0.5) is 18.9 Å². The number of halogens is 3. The number of nitrogens with zero attached hydrogens (tertiary/aromatic N) is 1. The highest BCUT2D eigenvalue weighted by Crippen LogP contribution is 2.36. The van der Waals surface area contributed by atoms with Gasteiger partial charge in [-0.1, -0.05) is 0 Å². The maximum absolute atomic E-state index is 12.6. The van der Waals surface area contributed by atoms with E-state index in [0.29, 0.717) is 11.2 Å². The number of rotatable bonds is 0. The second kappa shape index (κ2) is 2.92. The minimum atomic E-state index is -4.34. The zero-order valence-corrected chi connectivity index (χ0v) is 7.97. The number of aromatic nitrogens is 1. The number of anilines is 1. The van der Waals surface area contributed by atoms with Crippen LogP contribution in [0, 0.1) is 0 Å². The van der Waals surface area contributed by atoms with Crippen molar-refractivity contribution in [2.75, 3.05) is 5.73 Å². The molecule has 5 heteroatoms. The summed E-state index contributed by atoms with van der Waals surface area (Å²) in [6.45, 7) is 0. The topological polar surface area (TPSA) is 30.9 Å². The van der Waals surface area contributed by atoms with Crippen LogP contribution in [0.3, 0.4) is 0 Å². The van der Waals surface area contributed by atoms with Crippen molar-refractivity contribution in [1.82, 2.24) is 4.57 Å². The van der Waals surface area contributed by atoms with Gasteiger partial charge in [0.05, 0.1) is 5.56 Å². The van der Waals surface area contributed by atoms with E-state index < -0.39 is 11.7 Å². The van der Waals surface area contributed by atoms with Gasteiger partial charge in [0.1, 0.15) is 0 Å². The van der Waals surface area contributed by atoms with Crippen LogP contribution in [0.25, 0.3) is 10.9 Å². The Kier molecular flexibility index (Phi) is 1.92. The Labute approximate surface area is 84.1 Å². The highest BCUT2D eigenvalue weighted by molar-refractivity contribution is 5.87. The Hall–Kier alpha value is -1.65. The monoisotopic (exact) mass is 214 g/mol. The lowest BCUT2D eigenvalue weighted by Crippen LogP contribution is -2.03. The molecule has 0 bridgehead atoms. The molecule has 0 amide bonds. The van der Waals surface area contributed by atoms with Gasteiger partial charge in [0.15, 0.2) is 0 Å². The molecule has 80 valence electrons. The van der Waals surface area contributed by atoms with Crippen LogP contribution in [-0.4, -0.2) is 4.57 Å². The number of fused-ring (bicyclic) bond motifs is 1. The molecule has 0 saturated carbocycles. The Morgan fingerprint density at radius 2 is 1.93 bits per heavy atom. The third kappa shape index (κ3) is 1.54. The van der Waals surface area contributed by atoms with Crippen LogP contribution >= 0.6 is 0 Å². The average molecular weight is 214 g/mol. The van der Waals surface area contributed by atoms with Crippen LogP contribution in [0.15, 0.2) is 24.4 Å². The predicted molar refractivity (Wildman–Crippen MR) is 52.3 cm³/mol. The molecule has 1 aromatic carbocycles. The normalized spacial score (nSPS) is 12.3. The van der Waals surface area contributed by atoms with Crippen molar-refractivity contribution in [3.8, 4) is 0 Å². The molecule has 2 rings (SSSR count). The number of aryl methyl sites for hydroxylation is 1. The number of hydrogen-bond acceptors (Lipinski definition) is 1. The van der Waals surface area contributed by atoms with E-state index in [9.17, 15) is 13.2 Å². The molecule has 0 unspecified atom stereocenters. The molecule has 0 atom stereocenters. The van der Waals surface area contributed by atoms with E-state index in [1.54, 1.807) is 19.2 Å².